The van der Waals surface area contributed by atoms with Gasteiger partial charge in [-0.3, -0.25) is 4.68 Å². The number of rotatable bonds is 6. The number of nitrogens with one attached hydrogen (secondary N) is 1. The van der Waals surface area contributed by atoms with Crippen molar-refractivity contribution in [3.8, 4) is 0 Å². The van der Waals surface area contributed by atoms with Crippen LogP contribution in [0.25, 0.3) is 0 Å². The molecule has 0 radical (unpaired) electrons. The van der Waals surface area contributed by atoms with Crippen LogP contribution in [0.5, 0.6) is 0 Å². The first kappa shape index (κ1) is 15.0. The maximum absolute atomic E-state index is 4.20. The molecule has 0 bridgehead atoms. The molecule has 0 saturated carbocycles. The van der Waals surface area contributed by atoms with Gasteiger partial charge in [-0.1, -0.05) is 13.0 Å². The molecular formula is C15H27N3. The fourth-order valence-corrected chi connectivity index (χ4v) is 1.79. The number of nitrogens with zero attached hydrogens (tertiary/aromatic N) is 2. The Kier molecular flexibility index (Phi) is 4.74. The van der Waals surface area contributed by atoms with Crippen LogP contribution in [-0.4, -0.2) is 21.9 Å². The molecule has 1 unspecified atom stereocenters. The Morgan fingerprint density at radius 1 is 1.39 bits per heavy atom. The van der Waals surface area contributed by atoms with Crippen molar-refractivity contribution in [3.63, 3.8) is 0 Å². The van der Waals surface area contributed by atoms with E-state index >= 15 is 0 Å². The number of hydrogen-bond acceptors (Lipinski definition) is 2. The summed E-state index contributed by atoms with van der Waals surface area (Å²) < 4.78 is 1.95. The van der Waals surface area contributed by atoms with Crippen LogP contribution in [0.15, 0.2) is 24.9 Å². The Hall–Kier alpha value is -1.09. The van der Waals surface area contributed by atoms with Gasteiger partial charge in [0, 0.05) is 31.0 Å². The number of aryl methyl sites for hydroxylation is 2. The van der Waals surface area contributed by atoms with Crippen LogP contribution in [0, 0.1) is 5.41 Å². The normalized spacial score (nSPS) is 15.4. The highest BCUT2D eigenvalue weighted by Gasteiger charge is 2.23. The lowest BCUT2D eigenvalue weighted by molar-refractivity contribution is 0.306. The molecular weight excluding hydrogens is 222 g/mol. The van der Waals surface area contributed by atoms with Crippen LogP contribution in [0.3, 0.4) is 0 Å². The average molecular weight is 249 g/mol. The van der Waals surface area contributed by atoms with Crippen molar-refractivity contribution in [3.05, 3.63) is 30.6 Å². The Bertz CT molecular complexity index is 387. The van der Waals surface area contributed by atoms with E-state index in [1.807, 2.05) is 17.9 Å². The molecule has 3 heteroatoms. The molecule has 1 aromatic rings. The second kappa shape index (κ2) is 5.70. The van der Waals surface area contributed by atoms with Crippen LogP contribution in [0.2, 0.25) is 0 Å². The Balaban J connectivity index is 2.55. The zero-order valence-corrected chi connectivity index (χ0v) is 12.5. The lowest BCUT2D eigenvalue weighted by atomic mass is 9.84. The fraction of sp³-hybridized carbons (Fsp3) is 0.667. The Morgan fingerprint density at radius 3 is 2.50 bits per heavy atom. The van der Waals surface area contributed by atoms with Crippen molar-refractivity contribution in [2.45, 2.75) is 46.1 Å². The molecule has 0 aliphatic carbocycles. The van der Waals surface area contributed by atoms with Gasteiger partial charge in [0.15, 0.2) is 0 Å². The standard InChI is InChI=1S/C15H27N3/c1-7-15(5,12-16-14(2,3)4)10-8-13-9-11-17-18(13)6/h7,9,11,16H,1,8,10,12H2,2-6H3. The van der Waals surface area contributed by atoms with E-state index in [1.54, 1.807) is 0 Å². The summed E-state index contributed by atoms with van der Waals surface area (Å²) in [5.74, 6) is 0. The van der Waals surface area contributed by atoms with Crippen LogP contribution in [0.1, 0.15) is 39.8 Å². The number of hydrogen-bond donors (Lipinski definition) is 1. The summed E-state index contributed by atoms with van der Waals surface area (Å²) in [5, 5.41) is 7.77. The molecule has 102 valence electrons. The second-order valence-electron chi connectivity index (χ2n) is 6.41. The van der Waals surface area contributed by atoms with E-state index in [0.29, 0.717) is 0 Å². The Labute approximate surface area is 111 Å². The van der Waals surface area contributed by atoms with Gasteiger partial charge < -0.3 is 5.32 Å². The minimum absolute atomic E-state index is 0.123. The average Bonchev–Trinajstić information content (AvgIpc) is 2.69. The van der Waals surface area contributed by atoms with Crippen molar-refractivity contribution in [1.82, 2.24) is 15.1 Å². The van der Waals surface area contributed by atoms with Crippen molar-refractivity contribution in [1.29, 1.82) is 0 Å². The SMILES string of the molecule is C=CC(C)(CCc1ccnn1C)CNC(C)(C)C. The Morgan fingerprint density at radius 2 is 2.06 bits per heavy atom. The minimum Gasteiger partial charge on any atom is -0.311 e. The lowest BCUT2D eigenvalue weighted by Gasteiger charge is -2.31. The molecule has 0 saturated heterocycles. The van der Waals surface area contributed by atoms with Crippen molar-refractivity contribution < 1.29 is 0 Å². The molecule has 0 fully saturated rings. The molecule has 0 amide bonds. The first-order chi connectivity index (χ1) is 8.26. The third-order valence-corrected chi connectivity index (χ3v) is 3.39. The highest BCUT2D eigenvalue weighted by atomic mass is 15.2. The summed E-state index contributed by atoms with van der Waals surface area (Å²) in [6, 6.07) is 2.08. The van der Waals surface area contributed by atoms with Crippen LogP contribution >= 0.6 is 0 Å². The van der Waals surface area contributed by atoms with Gasteiger partial charge in [-0.05, 0) is 45.1 Å². The van der Waals surface area contributed by atoms with Gasteiger partial charge in [-0.25, -0.2) is 0 Å². The molecule has 3 nitrogen and oxygen atoms in total. The van der Waals surface area contributed by atoms with E-state index in [0.717, 1.165) is 19.4 Å². The molecule has 0 aliphatic heterocycles. The van der Waals surface area contributed by atoms with Gasteiger partial charge in [0.25, 0.3) is 0 Å². The zero-order valence-electron chi connectivity index (χ0n) is 12.5. The molecule has 1 aromatic heterocycles. The largest absolute Gasteiger partial charge is 0.311 e. The topological polar surface area (TPSA) is 29.9 Å². The van der Waals surface area contributed by atoms with E-state index in [2.05, 4.69) is 56.8 Å². The molecule has 0 spiro atoms. The monoisotopic (exact) mass is 249 g/mol. The molecule has 0 aliphatic rings. The smallest absolute Gasteiger partial charge is 0.0492 e. The molecule has 1 atom stereocenters. The fourth-order valence-electron chi connectivity index (χ4n) is 1.79. The third kappa shape index (κ3) is 4.65. The van der Waals surface area contributed by atoms with Gasteiger partial charge in [0.2, 0.25) is 0 Å². The van der Waals surface area contributed by atoms with E-state index in [9.17, 15) is 0 Å². The molecule has 1 N–H and O–H groups in total. The lowest BCUT2D eigenvalue weighted by Crippen LogP contribution is -2.42. The predicted molar refractivity (Wildman–Crippen MR) is 77.6 cm³/mol. The highest BCUT2D eigenvalue weighted by Crippen LogP contribution is 2.25. The maximum atomic E-state index is 4.20. The van der Waals surface area contributed by atoms with E-state index in [-0.39, 0.29) is 11.0 Å². The van der Waals surface area contributed by atoms with Gasteiger partial charge in [0.05, 0.1) is 0 Å². The van der Waals surface area contributed by atoms with Crippen molar-refractivity contribution >= 4 is 0 Å². The molecule has 18 heavy (non-hydrogen) atoms. The first-order valence-corrected chi connectivity index (χ1v) is 6.61. The second-order valence-corrected chi connectivity index (χ2v) is 6.41. The van der Waals surface area contributed by atoms with Crippen LogP contribution in [0.4, 0.5) is 0 Å². The van der Waals surface area contributed by atoms with Crippen LogP contribution in [-0.2, 0) is 13.5 Å². The molecule has 0 aromatic carbocycles. The van der Waals surface area contributed by atoms with Crippen molar-refractivity contribution in [2.75, 3.05) is 6.54 Å². The summed E-state index contributed by atoms with van der Waals surface area (Å²) in [6.07, 6.45) is 6.04. The first-order valence-electron chi connectivity index (χ1n) is 6.61. The van der Waals surface area contributed by atoms with Crippen LogP contribution < -0.4 is 5.32 Å². The summed E-state index contributed by atoms with van der Waals surface area (Å²) in [6.45, 7) is 13.8. The summed E-state index contributed by atoms with van der Waals surface area (Å²) in [4.78, 5) is 0. The molecule has 1 heterocycles. The zero-order chi connectivity index (χ0) is 13.8. The van der Waals surface area contributed by atoms with Gasteiger partial charge in [0.1, 0.15) is 0 Å². The van der Waals surface area contributed by atoms with Gasteiger partial charge in [-0.15, -0.1) is 6.58 Å². The highest BCUT2D eigenvalue weighted by molar-refractivity contribution is 5.03. The summed E-state index contributed by atoms with van der Waals surface area (Å²) in [5.41, 5.74) is 1.55. The quantitative estimate of drug-likeness (QED) is 0.786. The summed E-state index contributed by atoms with van der Waals surface area (Å²) >= 11 is 0. The van der Waals surface area contributed by atoms with E-state index in [1.165, 1.54) is 5.69 Å². The summed E-state index contributed by atoms with van der Waals surface area (Å²) in [7, 11) is 1.99. The maximum Gasteiger partial charge on any atom is 0.0492 e. The molecule has 1 rings (SSSR count). The third-order valence-electron chi connectivity index (χ3n) is 3.39. The van der Waals surface area contributed by atoms with Crippen molar-refractivity contribution in [2.24, 2.45) is 12.5 Å². The minimum atomic E-state index is 0.123. The van der Waals surface area contributed by atoms with Gasteiger partial charge in [-0.2, -0.15) is 5.10 Å². The number of aromatic nitrogens is 2. The predicted octanol–water partition coefficient (Wildman–Crippen LogP) is 2.93. The van der Waals surface area contributed by atoms with Gasteiger partial charge >= 0.3 is 0 Å². The van der Waals surface area contributed by atoms with E-state index < -0.39 is 0 Å². The van der Waals surface area contributed by atoms with E-state index in [4.69, 9.17) is 0 Å².